The Kier molecular flexibility index (Phi) is 5.88. The van der Waals surface area contributed by atoms with Crippen LogP contribution in [0.4, 0.5) is 0 Å². The maximum atomic E-state index is 12.5. The van der Waals surface area contributed by atoms with Gasteiger partial charge in [-0.05, 0) is 24.6 Å². The van der Waals surface area contributed by atoms with Crippen molar-refractivity contribution in [2.75, 3.05) is 33.1 Å². The Morgan fingerprint density at radius 1 is 1.36 bits per heavy atom. The van der Waals surface area contributed by atoms with E-state index in [4.69, 9.17) is 14.2 Å². The van der Waals surface area contributed by atoms with Crippen LogP contribution in [0.3, 0.4) is 0 Å². The van der Waals surface area contributed by atoms with Crippen LogP contribution in [0.1, 0.15) is 12.5 Å². The first-order valence-corrected chi connectivity index (χ1v) is 7.26. The number of nitrogens with zero attached hydrogens (tertiary/aromatic N) is 1. The van der Waals surface area contributed by atoms with E-state index >= 15 is 0 Å². The summed E-state index contributed by atoms with van der Waals surface area (Å²) in [7, 11) is 0. The van der Waals surface area contributed by atoms with Crippen LogP contribution in [0.25, 0.3) is 0 Å². The van der Waals surface area contributed by atoms with Crippen molar-refractivity contribution in [1.29, 1.82) is 0 Å². The average Bonchev–Trinajstić information content (AvgIpc) is 3.00. The highest BCUT2D eigenvalue weighted by Gasteiger charge is 2.26. The van der Waals surface area contributed by atoms with E-state index in [9.17, 15) is 4.79 Å². The van der Waals surface area contributed by atoms with Crippen molar-refractivity contribution in [2.24, 2.45) is 0 Å². The van der Waals surface area contributed by atoms with Crippen LogP contribution in [0.15, 0.2) is 18.2 Å². The number of morpholine rings is 1. The zero-order valence-electron chi connectivity index (χ0n) is 12.5. The van der Waals surface area contributed by atoms with Crippen LogP contribution in [0, 0.1) is 0 Å². The van der Waals surface area contributed by atoms with Gasteiger partial charge in [0.1, 0.15) is 6.04 Å². The fraction of sp³-hybridized carbons (Fsp3) is 0.533. The molecule has 0 aromatic heterocycles. The highest BCUT2D eigenvalue weighted by molar-refractivity contribution is 5.85. The van der Waals surface area contributed by atoms with E-state index in [1.807, 2.05) is 30.0 Å². The third kappa shape index (κ3) is 3.63. The minimum absolute atomic E-state index is 0. The lowest BCUT2D eigenvalue weighted by molar-refractivity contribution is -0.136. The molecule has 1 aromatic rings. The van der Waals surface area contributed by atoms with Gasteiger partial charge in [0.15, 0.2) is 11.5 Å². The van der Waals surface area contributed by atoms with E-state index < -0.39 is 0 Å². The van der Waals surface area contributed by atoms with Gasteiger partial charge < -0.3 is 24.4 Å². The molecule has 1 amide bonds. The molecule has 1 saturated heterocycles. The number of likely N-dealkylation sites (N-methyl/N-ethyl adjacent to an activating group) is 1. The molecule has 1 fully saturated rings. The van der Waals surface area contributed by atoms with Crippen molar-refractivity contribution >= 4 is 18.3 Å². The number of rotatable bonds is 4. The molecule has 6 nitrogen and oxygen atoms in total. The number of hydrogen-bond acceptors (Lipinski definition) is 5. The molecule has 3 rings (SSSR count). The molecule has 1 atom stereocenters. The van der Waals surface area contributed by atoms with Gasteiger partial charge in [0.25, 0.3) is 0 Å². The third-order valence-electron chi connectivity index (χ3n) is 3.72. The first-order chi connectivity index (χ1) is 10.3. The summed E-state index contributed by atoms with van der Waals surface area (Å²) < 4.78 is 16.0. The van der Waals surface area contributed by atoms with Gasteiger partial charge in [-0.2, -0.15) is 0 Å². The number of halogens is 1. The summed E-state index contributed by atoms with van der Waals surface area (Å²) in [5.74, 6) is 1.58. The number of carbonyl (C=O) groups excluding carboxylic acids is 1. The molecular weight excluding hydrogens is 308 g/mol. The average molecular weight is 329 g/mol. The molecule has 2 aliphatic rings. The van der Waals surface area contributed by atoms with Gasteiger partial charge in [-0.15, -0.1) is 12.4 Å². The highest BCUT2D eigenvalue weighted by atomic mass is 35.5. The summed E-state index contributed by atoms with van der Waals surface area (Å²) in [6.45, 7) is 5.29. The second-order valence-corrected chi connectivity index (χ2v) is 5.12. The van der Waals surface area contributed by atoms with Crippen LogP contribution in [-0.4, -0.2) is 49.9 Å². The zero-order valence-corrected chi connectivity index (χ0v) is 13.4. The van der Waals surface area contributed by atoms with E-state index in [0.717, 1.165) is 23.6 Å². The van der Waals surface area contributed by atoms with Crippen LogP contribution in [-0.2, 0) is 16.1 Å². The molecule has 0 spiro atoms. The van der Waals surface area contributed by atoms with Gasteiger partial charge >= 0.3 is 0 Å². The maximum absolute atomic E-state index is 12.5. The lowest BCUT2D eigenvalue weighted by Crippen LogP contribution is -2.52. The fourth-order valence-corrected chi connectivity index (χ4v) is 2.55. The minimum Gasteiger partial charge on any atom is -0.454 e. The molecule has 2 aliphatic heterocycles. The molecule has 122 valence electrons. The molecular formula is C15H21ClN2O4. The Morgan fingerprint density at radius 3 is 2.91 bits per heavy atom. The van der Waals surface area contributed by atoms with Crippen molar-refractivity contribution in [3.8, 4) is 11.5 Å². The summed E-state index contributed by atoms with van der Waals surface area (Å²) >= 11 is 0. The second kappa shape index (κ2) is 7.67. The number of nitrogens with one attached hydrogen (secondary N) is 1. The molecule has 1 aromatic carbocycles. The van der Waals surface area contributed by atoms with Crippen molar-refractivity contribution in [2.45, 2.75) is 19.5 Å². The van der Waals surface area contributed by atoms with Crippen molar-refractivity contribution in [1.82, 2.24) is 10.2 Å². The van der Waals surface area contributed by atoms with Gasteiger partial charge in [-0.25, -0.2) is 0 Å². The Hall–Kier alpha value is -1.50. The van der Waals surface area contributed by atoms with Gasteiger partial charge in [0.05, 0.1) is 13.2 Å². The first kappa shape index (κ1) is 16.9. The molecule has 0 saturated carbocycles. The quantitative estimate of drug-likeness (QED) is 0.899. The summed E-state index contributed by atoms with van der Waals surface area (Å²) in [5, 5.41) is 3.20. The molecule has 2 heterocycles. The number of carbonyl (C=O) groups is 1. The Labute approximate surface area is 136 Å². The lowest BCUT2D eigenvalue weighted by Gasteiger charge is -2.29. The standard InChI is InChI=1S/C15H20N2O4.ClH/c1-2-17(15(18)12-9-19-6-5-16-12)8-11-3-4-13-14(7-11)21-10-20-13;/h3-4,7,12,16H,2,5-6,8-10H2,1H3;1H. The second-order valence-electron chi connectivity index (χ2n) is 5.12. The number of benzene rings is 1. The normalized spacial score (nSPS) is 19.4. The molecule has 0 bridgehead atoms. The topological polar surface area (TPSA) is 60.0 Å². The highest BCUT2D eigenvalue weighted by Crippen LogP contribution is 2.32. The summed E-state index contributed by atoms with van der Waals surface area (Å²) in [5.41, 5.74) is 1.03. The van der Waals surface area contributed by atoms with Crippen LogP contribution in [0.5, 0.6) is 11.5 Å². The smallest absolute Gasteiger partial charge is 0.242 e. The molecule has 0 aliphatic carbocycles. The summed E-state index contributed by atoms with van der Waals surface area (Å²) in [4.78, 5) is 14.3. The lowest BCUT2D eigenvalue weighted by atomic mass is 10.1. The van der Waals surface area contributed by atoms with Gasteiger partial charge in [-0.3, -0.25) is 4.79 Å². The van der Waals surface area contributed by atoms with E-state index in [0.29, 0.717) is 26.3 Å². The predicted octanol–water partition coefficient (Wildman–Crippen LogP) is 1.17. The van der Waals surface area contributed by atoms with Crippen molar-refractivity contribution in [3.05, 3.63) is 23.8 Å². The van der Waals surface area contributed by atoms with E-state index in [-0.39, 0.29) is 31.1 Å². The molecule has 22 heavy (non-hydrogen) atoms. The number of hydrogen-bond donors (Lipinski definition) is 1. The van der Waals surface area contributed by atoms with E-state index in [1.165, 1.54) is 0 Å². The molecule has 1 unspecified atom stereocenters. The number of fused-ring (bicyclic) bond motifs is 1. The Balaban J connectivity index is 0.00000176. The van der Waals surface area contributed by atoms with E-state index in [2.05, 4.69) is 5.32 Å². The molecule has 0 radical (unpaired) electrons. The molecule has 1 N–H and O–H groups in total. The van der Waals surface area contributed by atoms with Crippen molar-refractivity contribution < 1.29 is 19.0 Å². The van der Waals surface area contributed by atoms with Crippen LogP contribution in [0.2, 0.25) is 0 Å². The predicted molar refractivity (Wildman–Crippen MR) is 83.5 cm³/mol. The molecule has 7 heteroatoms. The summed E-state index contributed by atoms with van der Waals surface area (Å²) in [6.07, 6.45) is 0. The SMILES string of the molecule is CCN(Cc1ccc2c(c1)OCO2)C(=O)C1COCCN1.Cl. The Morgan fingerprint density at radius 2 is 2.18 bits per heavy atom. The van der Waals surface area contributed by atoms with Gasteiger partial charge in [0, 0.05) is 19.6 Å². The first-order valence-electron chi connectivity index (χ1n) is 7.26. The monoisotopic (exact) mass is 328 g/mol. The third-order valence-corrected chi connectivity index (χ3v) is 3.72. The van der Waals surface area contributed by atoms with Crippen molar-refractivity contribution in [3.63, 3.8) is 0 Å². The fourth-order valence-electron chi connectivity index (χ4n) is 2.55. The minimum atomic E-state index is -0.243. The van der Waals surface area contributed by atoms with Gasteiger partial charge in [0.2, 0.25) is 12.7 Å². The van der Waals surface area contributed by atoms with Gasteiger partial charge in [-0.1, -0.05) is 6.07 Å². The van der Waals surface area contributed by atoms with E-state index in [1.54, 1.807) is 0 Å². The summed E-state index contributed by atoms with van der Waals surface area (Å²) in [6, 6.07) is 5.54. The zero-order chi connectivity index (χ0) is 14.7. The number of ether oxygens (including phenoxy) is 3. The Bertz CT molecular complexity index is 520. The van der Waals surface area contributed by atoms with Crippen LogP contribution >= 0.6 is 12.4 Å². The number of amides is 1. The largest absolute Gasteiger partial charge is 0.454 e. The van der Waals surface area contributed by atoms with Crippen LogP contribution < -0.4 is 14.8 Å². The maximum Gasteiger partial charge on any atom is 0.242 e.